The molecule has 26 heavy (non-hydrogen) atoms. The van der Waals surface area contributed by atoms with Crippen LogP contribution in [0.25, 0.3) is 10.1 Å². The molecule has 0 aliphatic rings. The Morgan fingerprint density at radius 2 is 1.62 bits per heavy atom. The highest BCUT2D eigenvalue weighted by Gasteiger charge is 2.18. The van der Waals surface area contributed by atoms with Crippen LogP contribution in [0.15, 0.2) is 48.5 Å². The fourth-order valence-corrected chi connectivity index (χ4v) is 3.99. The van der Waals surface area contributed by atoms with Gasteiger partial charge in [0.1, 0.15) is 5.82 Å². The highest BCUT2D eigenvalue weighted by molar-refractivity contribution is 7.92. The van der Waals surface area contributed by atoms with E-state index >= 15 is 0 Å². The van der Waals surface area contributed by atoms with Crippen LogP contribution >= 0.6 is 11.3 Å². The molecular weight excluding hydrogens is 375 g/mol. The molecule has 3 aromatic rings. The van der Waals surface area contributed by atoms with Gasteiger partial charge in [-0.15, -0.1) is 11.3 Å². The largest absolute Gasteiger partial charge is 0.311 e. The predicted molar refractivity (Wildman–Crippen MR) is 104 cm³/mol. The third-order valence-electron chi connectivity index (χ3n) is 4.09. The number of fused-ring (bicyclic) bond motifs is 1. The smallest absolute Gasteiger partial charge is 0.268 e. The van der Waals surface area contributed by atoms with E-state index < -0.39 is 10.0 Å². The third-order valence-corrected chi connectivity index (χ3v) is 6.40. The number of amides is 1. The maximum absolute atomic E-state index is 13.1. The zero-order chi connectivity index (χ0) is 19.1. The molecule has 5 nitrogen and oxygen atoms in total. The Labute approximate surface area is 155 Å². The molecule has 0 aliphatic heterocycles. The summed E-state index contributed by atoms with van der Waals surface area (Å²) in [6.07, 6.45) is 1.14. The second kappa shape index (κ2) is 6.69. The number of benzene rings is 2. The van der Waals surface area contributed by atoms with Gasteiger partial charge in [0, 0.05) is 24.5 Å². The molecule has 0 N–H and O–H groups in total. The van der Waals surface area contributed by atoms with Gasteiger partial charge in [-0.3, -0.25) is 9.10 Å². The summed E-state index contributed by atoms with van der Waals surface area (Å²) in [5.74, 6) is -0.574. The van der Waals surface area contributed by atoms with Gasteiger partial charge in [-0.2, -0.15) is 0 Å². The monoisotopic (exact) mass is 392 g/mol. The first-order chi connectivity index (χ1) is 12.2. The molecule has 0 saturated carbocycles. The highest BCUT2D eigenvalue weighted by Crippen LogP contribution is 2.31. The molecule has 136 valence electrons. The fraction of sp³-hybridized carbons (Fsp3) is 0.167. The Balaban J connectivity index is 1.93. The maximum Gasteiger partial charge on any atom is 0.268 e. The number of thiophene rings is 1. The van der Waals surface area contributed by atoms with Crippen molar-refractivity contribution in [3.05, 3.63) is 59.2 Å². The van der Waals surface area contributed by atoms with E-state index in [9.17, 15) is 17.6 Å². The minimum absolute atomic E-state index is 0.212. The van der Waals surface area contributed by atoms with Crippen molar-refractivity contribution in [1.29, 1.82) is 0 Å². The van der Waals surface area contributed by atoms with E-state index in [1.54, 1.807) is 43.4 Å². The first-order valence-corrected chi connectivity index (χ1v) is 10.3. The molecule has 1 amide bonds. The summed E-state index contributed by atoms with van der Waals surface area (Å²) in [5.41, 5.74) is 1.12. The Morgan fingerprint density at radius 3 is 2.23 bits per heavy atom. The lowest BCUT2D eigenvalue weighted by Crippen LogP contribution is -2.25. The molecular formula is C18H17FN2O3S2. The molecule has 0 radical (unpaired) electrons. The number of sulfonamides is 1. The van der Waals surface area contributed by atoms with E-state index in [1.165, 1.54) is 39.7 Å². The van der Waals surface area contributed by atoms with Gasteiger partial charge in [0.25, 0.3) is 5.91 Å². The van der Waals surface area contributed by atoms with Crippen LogP contribution < -0.4 is 9.21 Å². The topological polar surface area (TPSA) is 57.7 Å². The summed E-state index contributed by atoms with van der Waals surface area (Å²) in [7, 11) is -0.245. The summed E-state index contributed by atoms with van der Waals surface area (Å²) in [6.45, 7) is 0. The lowest BCUT2D eigenvalue weighted by molar-refractivity contribution is 0.0997. The molecule has 1 aromatic heterocycles. The number of hydrogen-bond donors (Lipinski definition) is 0. The second-order valence-electron chi connectivity index (χ2n) is 5.90. The zero-order valence-corrected chi connectivity index (χ0v) is 16.1. The SMILES string of the molecule is CN(C(=O)c1cc2cc(N(C)S(C)(=O)=O)ccc2s1)c1ccc(F)cc1. The van der Waals surface area contributed by atoms with Crippen molar-refractivity contribution in [1.82, 2.24) is 0 Å². The fourth-order valence-electron chi connectivity index (χ4n) is 2.47. The van der Waals surface area contributed by atoms with Gasteiger partial charge in [-0.05, 0) is 53.9 Å². The first kappa shape index (κ1) is 18.3. The standard InChI is InChI=1S/C18H17FN2O3S2/c1-20(14-6-4-13(19)5-7-14)18(22)17-11-12-10-15(8-9-16(12)25-17)21(2)26(3,23)24/h4-11H,1-3H3. The summed E-state index contributed by atoms with van der Waals surface area (Å²) in [4.78, 5) is 14.7. The van der Waals surface area contributed by atoms with Crippen molar-refractivity contribution in [2.45, 2.75) is 0 Å². The Morgan fingerprint density at radius 1 is 1.00 bits per heavy atom. The van der Waals surface area contributed by atoms with Crippen LogP contribution in [0, 0.1) is 5.82 Å². The van der Waals surface area contributed by atoms with E-state index in [0.29, 0.717) is 16.3 Å². The van der Waals surface area contributed by atoms with Crippen molar-refractivity contribution in [3.63, 3.8) is 0 Å². The lowest BCUT2D eigenvalue weighted by Gasteiger charge is -2.16. The summed E-state index contributed by atoms with van der Waals surface area (Å²) < 4.78 is 38.5. The summed E-state index contributed by atoms with van der Waals surface area (Å²) >= 11 is 1.33. The van der Waals surface area contributed by atoms with Gasteiger partial charge in [0.05, 0.1) is 16.8 Å². The summed E-state index contributed by atoms with van der Waals surface area (Å²) in [6, 6.07) is 12.7. The molecule has 2 aromatic carbocycles. The second-order valence-corrected chi connectivity index (χ2v) is 9.00. The molecule has 0 bridgehead atoms. The van der Waals surface area contributed by atoms with E-state index in [2.05, 4.69) is 0 Å². The van der Waals surface area contributed by atoms with Crippen LogP contribution in [0.5, 0.6) is 0 Å². The lowest BCUT2D eigenvalue weighted by atomic mass is 10.2. The van der Waals surface area contributed by atoms with E-state index in [4.69, 9.17) is 0 Å². The molecule has 3 rings (SSSR count). The van der Waals surface area contributed by atoms with Crippen LogP contribution in [-0.2, 0) is 10.0 Å². The van der Waals surface area contributed by atoms with Gasteiger partial charge >= 0.3 is 0 Å². The van der Waals surface area contributed by atoms with Crippen molar-refractivity contribution >= 4 is 48.7 Å². The zero-order valence-electron chi connectivity index (χ0n) is 14.4. The highest BCUT2D eigenvalue weighted by atomic mass is 32.2. The number of nitrogens with zero attached hydrogens (tertiary/aromatic N) is 2. The number of hydrogen-bond acceptors (Lipinski definition) is 4. The molecule has 0 spiro atoms. The van der Waals surface area contributed by atoms with Crippen LogP contribution in [-0.4, -0.2) is 34.7 Å². The van der Waals surface area contributed by atoms with Crippen molar-refractivity contribution in [2.75, 3.05) is 29.6 Å². The van der Waals surface area contributed by atoms with E-state index in [-0.39, 0.29) is 11.7 Å². The van der Waals surface area contributed by atoms with Gasteiger partial charge < -0.3 is 4.90 Å². The van der Waals surface area contributed by atoms with Crippen LogP contribution in [0.2, 0.25) is 0 Å². The molecule has 0 saturated heterocycles. The Kier molecular flexibility index (Phi) is 4.72. The quantitative estimate of drug-likeness (QED) is 0.680. The first-order valence-electron chi connectivity index (χ1n) is 7.68. The Bertz CT molecular complexity index is 1080. The molecule has 0 unspecified atom stereocenters. The number of anilines is 2. The van der Waals surface area contributed by atoms with E-state index in [1.807, 2.05) is 0 Å². The molecule has 1 heterocycles. The normalized spacial score (nSPS) is 11.5. The minimum Gasteiger partial charge on any atom is -0.311 e. The maximum atomic E-state index is 13.1. The van der Waals surface area contributed by atoms with E-state index in [0.717, 1.165) is 16.3 Å². The minimum atomic E-state index is -3.36. The average Bonchev–Trinajstić information content (AvgIpc) is 3.02. The third kappa shape index (κ3) is 3.56. The predicted octanol–water partition coefficient (Wildman–Crippen LogP) is 3.71. The summed E-state index contributed by atoms with van der Waals surface area (Å²) in [5, 5.41) is 0.791. The van der Waals surface area contributed by atoms with Crippen LogP contribution in [0.1, 0.15) is 9.67 Å². The molecule has 0 fully saturated rings. The van der Waals surface area contributed by atoms with Crippen molar-refractivity contribution in [2.24, 2.45) is 0 Å². The number of carbonyl (C=O) groups excluding carboxylic acids is 1. The molecule has 0 atom stereocenters. The number of halogens is 1. The van der Waals surface area contributed by atoms with Gasteiger partial charge in [0.2, 0.25) is 10.0 Å². The van der Waals surface area contributed by atoms with Gasteiger partial charge in [0.15, 0.2) is 0 Å². The molecule has 8 heteroatoms. The van der Waals surface area contributed by atoms with Crippen molar-refractivity contribution < 1.29 is 17.6 Å². The van der Waals surface area contributed by atoms with Gasteiger partial charge in [-0.25, -0.2) is 12.8 Å². The molecule has 0 aliphatic carbocycles. The average molecular weight is 392 g/mol. The number of rotatable bonds is 4. The van der Waals surface area contributed by atoms with Gasteiger partial charge in [-0.1, -0.05) is 0 Å². The van der Waals surface area contributed by atoms with Crippen molar-refractivity contribution in [3.8, 4) is 0 Å². The Hall–Kier alpha value is -2.45. The number of carbonyl (C=O) groups is 1. The van der Waals surface area contributed by atoms with Crippen LogP contribution in [0.3, 0.4) is 0 Å². The van der Waals surface area contributed by atoms with Crippen LogP contribution in [0.4, 0.5) is 15.8 Å².